The highest BCUT2D eigenvalue weighted by Crippen LogP contribution is 2.34. The van der Waals surface area contributed by atoms with Crippen molar-refractivity contribution in [1.82, 2.24) is 35.5 Å². The number of fused-ring (bicyclic) bond motifs is 2. The minimum atomic E-state index is -0.171. The van der Waals surface area contributed by atoms with Gasteiger partial charge in [-0.05, 0) is 24.3 Å². The minimum absolute atomic E-state index is 0.0653. The summed E-state index contributed by atoms with van der Waals surface area (Å²) in [6.45, 7) is 1.01. The first-order chi connectivity index (χ1) is 14.2. The van der Waals surface area contributed by atoms with Crippen molar-refractivity contribution in [2.24, 2.45) is 0 Å². The predicted octanol–water partition coefficient (Wildman–Crippen LogP) is 1.27. The number of H-pyrrole nitrogens is 1. The van der Waals surface area contributed by atoms with Crippen molar-refractivity contribution < 1.29 is 14.3 Å². The highest BCUT2D eigenvalue weighted by atomic mass is 16.6. The first kappa shape index (κ1) is 17.2. The van der Waals surface area contributed by atoms with E-state index in [1.165, 1.54) is 0 Å². The van der Waals surface area contributed by atoms with Crippen LogP contribution >= 0.6 is 0 Å². The molecule has 0 unspecified atom stereocenters. The van der Waals surface area contributed by atoms with Crippen molar-refractivity contribution >= 4 is 16.9 Å². The van der Waals surface area contributed by atoms with Gasteiger partial charge in [0, 0.05) is 18.7 Å². The zero-order valence-corrected chi connectivity index (χ0v) is 15.5. The van der Waals surface area contributed by atoms with Gasteiger partial charge in [-0.1, -0.05) is 6.07 Å². The monoisotopic (exact) mass is 391 g/mol. The van der Waals surface area contributed by atoms with E-state index in [0.717, 1.165) is 11.3 Å². The van der Waals surface area contributed by atoms with E-state index in [4.69, 9.17) is 9.47 Å². The predicted molar refractivity (Wildman–Crippen MR) is 103 cm³/mol. The van der Waals surface area contributed by atoms with E-state index in [1.807, 2.05) is 36.4 Å². The van der Waals surface area contributed by atoms with Crippen LogP contribution in [-0.2, 0) is 11.2 Å². The van der Waals surface area contributed by atoms with Crippen molar-refractivity contribution in [1.29, 1.82) is 0 Å². The number of hydrogen-bond donors (Lipinski definition) is 2. The second-order valence-corrected chi connectivity index (χ2v) is 6.44. The SMILES string of the molecule is CNC(=O)Cc1nc(-c2cccc3n[nH]nc23)n(-c2ccc3c(c2)OCCO3)n1. The number of para-hydroxylation sites is 1. The maximum Gasteiger partial charge on any atom is 0.227 e. The molecule has 3 heterocycles. The third-order valence-electron chi connectivity index (χ3n) is 4.61. The lowest BCUT2D eigenvalue weighted by Gasteiger charge is -2.19. The molecule has 2 aromatic heterocycles. The number of nitrogens with zero attached hydrogens (tertiary/aromatic N) is 5. The Hall–Kier alpha value is -3.95. The largest absolute Gasteiger partial charge is 0.486 e. The molecule has 10 heteroatoms. The summed E-state index contributed by atoms with van der Waals surface area (Å²) < 4.78 is 13.0. The van der Waals surface area contributed by atoms with E-state index in [0.29, 0.717) is 47.4 Å². The summed E-state index contributed by atoms with van der Waals surface area (Å²) in [5, 5.41) is 18.2. The molecule has 0 radical (unpaired) electrons. The number of ether oxygens (including phenoxy) is 2. The summed E-state index contributed by atoms with van der Waals surface area (Å²) in [6, 6.07) is 11.2. The molecule has 2 aromatic carbocycles. The molecule has 10 nitrogen and oxygen atoms in total. The fourth-order valence-electron chi connectivity index (χ4n) is 3.23. The summed E-state index contributed by atoms with van der Waals surface area (Å²) in [5.41, 5.74) is 2.87. The third-order valence-corrected chi connectivity index (χ3v) is 4.61. The quantitative estimate of drug-likeness (QED) is 0.537. The van der Waals surface area contributed by atoms with Gasteiger partial charge in [-0.15, -0.1) is 0 Å². The van der Waals surface area contributed by atoms with Crippen LogP contribution in [0.3, 0.4) is 0 Å². The molecular weight excluding hydrogens is 374 g/mol. The molecule has 0 atom stereocenters. The second-order valence-electron chi connectivity index (χ2n) is 6.44. The molecule has 0 spiro atoms. The molecule has 0 aliphatic carbocycles. The number of aromatic amines is 1. The Labute approximate surface area is 164 Å². The van der Waals surface area contributed by atoms with Crippen molar-refractivity contribution in [3.8, 4) is 28.6 Å². The lowest BCUT2D eigenvalue weighted by Crippen LogP contribution is -2.20. The molecule has 5 rings (SSSR count). The van der Waals surface area contributed by atoms with Gasteiger partial charge in [-0.3, -0.25) is 4.79 Å². The van der Waals surface area contributed by atoms with Gasteiger partial charge in [-0.2, -0.15) is 20.5 Å². The number of hydrogen-bond acceptors (Lipinski definition) is 7. The van der Waals surface area contributed by atoms with Crippen LogP contribution < -0.4 is 14.8 Å². The Kier molecular flexibility index (Phi) is 4.08. The normalized spacial score (nSPS) is 12.9. The summed E-state index contributed by atoms with van der Waals surface area (Å²) in [4.78, 5) is 16.5. The molecule has 146 valence electrons. The van der Waals surface area contributed by atoms with E-state index in [1.54, 1.807) is 11.7 Å². The van der Waals surface area contributed by atoms with Crippen molar-refractivity contribution in [3.05, 3.63) is 42.2 Å². The molecule has 0 saturated heterocycles. The van der Waals surface area contributed by atoms with Crippen molar-refractivity contribution in [2.45, 2.75) is 6.42 Å². The van der Waals surface area contributed by atoms with Crippen LogP contribution in [0.4, 0.5) is 0 Å². The average Bonchev–Trinajstić information content (AvgIpc) is 3.40. The second kappa shape index (κ2) is 6.89. The van der Waals surface area contributed by atoms with E-state index in [-0.39, 0.29) is 12.3 Å². The van der Waals surface area contributed by atoms with Crippen molar-refractivity contribution in [3.63, 3.8) is 0 Å². The molecule has 4 aromatic rings. The van der Waals surface area contributed by atoms with Gasteiger partial charge in [0.1, 0.15) is 24.2 Å². The van der Waals surface area contributed by atoms with Gasteiger partial charge < -0.3 is 14.8 Å². The number of amides is 1. The lowest BCUT2D eigenvalue weighted by molar-refractivity contribution is -0.120. The summed E-state index contributed by atoms with van der Waals surface area (Å²) in [6.07, 6.45) is 0.0653. The van der Waals surface area contributed by atoms with Gasteiger partial charge in [0.15, 0.2) is 23.1 Å². The Morgan fingerprint density at radius 3 is 2.90 bits per heavy atom. The summed E-state index contributed by atoms with van der Waals surface area (Å²) in [5.74, 6) is 2.11. The maximum absolute atomic E-state index is 11.9. The molecule has 29 heavy (non-hydrogen) atoms. The minimum Gasteiger partial charge on any atom is -0.486 e. The van der Waals surface area contributed by atoms with Crippen LogP contribution in [0.5, 0.6) is 11.5 Å². The Morgan fingerprint density at radius 1 is 1.17 bits per heavy atom. The van der Waals surface area contributed by atoms with Gasteiger partial charge >= 0.3 is 0 Å². The van der Waals surface area contributed by atoms with E-state index < -0.39 is 0 Å². The van der Waals surface area contributed by atoms with Crippen LogP contribution in [-0.4, -0.2) is 56.3 Å². The number of benzene rings is 2. The van der Waals surface area contributed by atoms with Crippen LogP contribution in [0.1, 0.15) is 5.82 Å². The van der Waals surface area contributed by atoms with Crippen LogP contribution in [0.25, 0.3) is 28.1 Å². The Balaban J connectivity index is 1.67. The van der Waals surface area contributed by atoms with E-state index in [2.05, 4.69) is 30.8 Å². The van der Waals surface area contributed by atoms with Gasteiger partial charge in [0.05, 0.1) is 12.1 Å². The van der Waals surface area contributed by atoms with Crippen LogP contribution in [0.2, 0.25) is 0 Å². The van der Waals surface area contributed by atoms with Crippen LogP contribution in [0.15, 0.2) is 36.4 Å². The zero-order chi connectivity index (χ0) is 19.8. The molecule has 0 fully saturated rings. The highest BCUT2D eigenvalue weighted by Gasteiger charge is 2.20. The van der Waals surface area contributed by atoms with Gasteiger partial charge in [0.25, 0.3) is 0 Å². The van der Waals surface area contributed by atoms with Crippen LogP contribution in [0, 0.1) is 0 Å². The van der Waals surface area contributed by atoms with Crippen molar-refractivity contribution in [2.75, 3.05) is 20.3 Å². The zero-order valence-electron chi connectivity index (χ0n) is 15.5. The lowest BCUT2D eigenvalue weighted by atomic mass is 10.1. The van der Waals surface area contributed by atoms with Gasteiger partial charge in [-0.25, -0.2) is 9.67 Å². The maximum atomic E-state index is 11.9. The Bertz CT molecular complexity index is 1210. The number of aromatic nitrogens is 6. The summed E-state index contributed by atoms with van der Waals surface area (Å²) >= 11 is 0. The molecule has 0 bridgehead atoms. The number of carbonyl (C=O) groups is 1. The average molecular weight is 391 g/mol. The fourth-order valence-corrected chi connectivity index (χ4v) is 3.23. The molecule has 1 amide bonds. The number of carbonyl (C=O) groups excluding carboxylic acids is 1. The standard InChI is InChI=1S/C19H17N7O3/c1-20-17(27)10-16-21-19(12-3-2-4-13-18(12)23-25-22-13)26(24-16)11-5-6-14-15(9-11)29-8-7-28-14/h2-6,9H,7-8,10H2,1H3,(H,20,27)(H,22,23,25). The molecular formula is C19H17N7O3. The number of nitrogens with one attached hydrogen (secondary N) is 2. The Morgan fingerprint density at radius 2 is 2.03 bits per heavy atom. The summed E-state index contributed by atoms with van der Waals surface area (Å²) in [7, 11) is 1.58. The topological polar surface area (TPSA) is 120 Å². The smallest absolute Gasteiger partial charge is 0.227 e. The molecule has 2 N–H and O–H groups in total. The molecule has 1 aliphatic heterocycles. The molecule has 0 saturated carbocycles. The third kappa shape index (κ3) is 3.04. The highest BCUT2D eigenvalue weighted by molar-refractivity contribution is 5.89. The van der Waals surface area contributed by atoms with E-state index in [9.17, 15) is 4.79 Å². The first-order valence-electron chi connectivity index (χ1n) is 9.09. The van der Waals surface area contributed by atoms with Gasteiger partial charge in [0.2, 0.25) is 5.91 Å². The fraction of sp³-hybridized carbons (Fsp3) is 0.211. The molecule has 1 aliphatic rings. The number of likely N-dealkylation sites (N-methyl/N-ethyl adjacent to an activating group) is 1. The van der Waals surface area contributed by atoms with E-state index >= 15 is 0 Å². The first-order valence-corrected chi connectivity index (χ1v) is 9.09. The number of rotatable bonds is 4.